The molecule has 23 heavy (non-hydrogen) atoms. The van der Waals surface area contributed by atoms with Crippen LogP contribution < -0.4 is 0 Å². The molecule has 0 unspecified atom stereocenters. The third-order valence-corrected chi connectivity index (χ3v) is 3.79. The number of rotatable bonds is 6. The Balaban J connectivity index is 1.94. The highest BCUT2D eigenvalue weighted by molar-refractivity contribution is 9.10. The second-order valence-electron chi connectivity index (χ2n) is 5.41. The minimum absolute atomic E-state index is 0.0149. The van der Waals surface area contributed by atoms with E-state index in [1.807, 2.05) is 44.2 Å². The van der Waals surface area contributed by atoms with Gasteiger partial charge >= 0.3 is 5.97 Å². The van der Waals surface area contributed by atoms with Crippen LogP contribution in [0.1, 0.15) is 29.9 Å². The summed E-state index contributed by atoms with van der Waals surface area (Å²) in [4.78, 5) is 28.7. The molecule has 0 bridgehead atoms. The van der Waals surface area contributed by atoms with Gasteiger partial charge in [0.15, 0.2) is 6.61 Å². The van der Waals surface area contributed by atoms with E-state index in [2.05, 4.69) is 20.9 Å². The van der Waals surface area contributed by atoms with Gasteiger partial charge in [-0.15, -0.1) is 0 Å². The fraction of sp³-hybridized carbons (Fsp3) is 0.294. The molecule has 0 fully saturated rings. The number of carbonyl (C=O) groups excluding carboxylic acids is 2. The van der Waals surface area contributed by atoms with Crippen LogP contribution in [0.5, 0.6) is 0 Å². The third kappa shape index (κ3) is 4.96. The van der Waals surface area contributed by atoms with E-state index in [0.717, 1.165) is 10.0 Å². The van der Waals surface area contributed by atoms with Crippen molar-refractivity contribution in [2.75, 3.05) is 6.61 Å². The highest BCUT2D eigenvalue weighted by Crippen LogP contribution is 2.12. The number of halogens is 1. The maximum absolute atomic E-state index is 12.4. The van der Waals surface area contributed by atoms with E-state index in [-0.39, 0.29) is 18.6 Å². The first-order valence-electron chi connectivity index (χ1n) is 7.32. The van der Waals surface area contributed by atoms with Gasteiger partial charge < -0.3 is 14.6 Å². The Morgan fingerprint density at radius 3 is 2.52 bits per heavy atom. The van der Waals surface area contributed by atoms with Crippen molar-refractivity contribution in [2.24, 2.45) is 0 Å². The van der Waals surface area contributed by atoms with Gasteiger partial charge in [0.1, 0.15) is 5.69 Å². The van der Waals surface area contributed by atoms with Gasteiger partial charge in [0.25, 0.3) is 5.91 Å². The molecule has 0 saturated heterocycles. The lowest BCUT2D eigenvalue weighted by atomic mass is 10.2. The summed E-state index contributed by atoms with van der Waals surface area (Å²) in [6, 6.07) is 11.3. The highest BCUT2D eigenvalue weighted by Gasteiger charge is 2.19. The van der Waals surface area contributed by atoms with Gasteiger partial charge in [0.05, 0.1) is 0 Å². The van der Waals surface area contributed by atoms with Crippen molar-refractivity contribution in [1.29, 1.82) is 0 Å². The molecule has 1 N–H and O–H groups in total. The summed E-state index contributed by atoms with van der Waals surface area (Å²) >= 11 is 3.25. The molecule has 0 aliphatic rings. The molecule has 1 aromatic heterocycles. The lowest BCUT2D eigenvalue weighted by Gasteiger charge is -2.26. The summed E-state index contributed by atoms with van der Waals surface area (Å²) in [5, 5.41) is 0. The first-order valence-corrected chi connectivity index (χ1v) is 8.11. The molecule has 1 amide bonds. The fourth-order valence-corrected chi connectivity index (χ4v) is 2.46. The van der Waals surface area contributed by atoms with Crippen LogP contribution in [-0.4, -0.2) is 34.4 Å². The maximum Gasteiger partial charge on any atom is 0.355 e. The van der Waals surface area contributed by atoms with Crippen LogP contribution in [-0.2, 0) is 16.1 Å². The van der Waals surface area contributed by atoms with Crippen LogP contribution in [0, 0.1) is 0 Å². The quantitative estimate of drug-likeness (QED) is 0.783. The van der Waals surface area contributed by atoms with Gasteiger partial charge in [-0.25, -0.2) is 4.79 Å². The molecule has 2 aromatic rings. The molecule has 2 rings (SSSR count). The van der Waals surface area contributed by atoms with Gasteiger partial charge in [-0.05, 0) is 41.4 Å². The molecule has 0 spiro atoms. The van der Waals surface area contributed by atoms with Crippen molar-refractivity contribution in [3.8, 4) is 0 Å². The Morgan fingerprint density at radius 1 is 1.26 bits per heavy atom. The standard InChI is InChI=1S/C17H19BrN2O3/c1-12(2)20(10-13-6-4-3-5-7-13)16(21)11-23-17(22)15-8-14(18)9-19-15/h3-9,12,19H,10-11H2,1-2H3. The number of carbonyl (C=O) groups is 2. The van der Waals surface area contributed by atoms with Crippen LogP contribution in [0.25, 0.3) is 0 Å². The minimum atomic E-state index is -0.549. The number of benzene rings is 1. The Hall–Kier alpha value is -2.08. The van der Waals surface area contributed by atoms with Gasteiger partial charge in [0, 0.05) is 23.3 Å². The van der Waals surface area contributed by atoms with E-state index >= 15 is 0 Å². The van der Waals surface area contributed by atoms with Crippen molar-refractivity contribution < 1.29 is 14.3 Å². The topological polar surface area (TPSA) is 62.4 Å². The molecule has 6 heteroatoms. The number of aromatic amines is 1. The second kappa shape index (κ2) is 7.97. The number of aromatic nitrogens is 1. The van der Waals surface area contributed by atoms with Gasteiger partial charge in [-0.1, -0.05) is 30.3 Å². The van der Waals surface area contributed by atoms with Crippen molar-refractivity contribution in [2.45, 2.75) is 26.4 Å². The van der Waals surface area contributed by atoms with Crippen LogP contribution in [0.3, 0.4) is 0 Å². The highest BCUT2D eigenvalue weighted by atomic mass is 79.9. The molecule has 0 radical (unpaired) electrons. The van der Waals surface area contributed by atoms with E-state index in [1.165, 1.54) is 0 Å². The van der Waals surface area contributed by atoms with Crippen molar-refractivity contribution in [3.63, 3.8) is 0 Å². The minimum Gasteiger partial charge on any atom is -0.451 e. The molecule has 1 heterocycles. The van der Waals surface area contributed by atoms with E-state index < -0.39 is 5.97 Å². The summed E-state index contributed by atoms with van der Waals surface area (Å²) in [5.74, 6) is -0.768. The predicted molar refractivity (Wildman–Crippen MR) is 90.9 cm³/mol. The SMILES string of the molecule is CC(C)N(Cc1ccccc1)C(=O)COC(=O)c1cc(Br)c[nH]1. The molecule has 0 atom stereocenters. The smallest absolute Gasteiger partial charge is 0.355 e. The number of esters is 1. The zero-order chi connectivity index (χ0) is 16.8. The van der Waals surface area contributed by atoms with E-state index in [0.29, 0.717) is 12.2 Å². The summed E-state index contributed by atoms with van der Waals surface area (Å²) in [6.45, 7) is 4.08. The van der Waals surface area contributed by atoms with Crippen LogP contribution in [0.4, 0.5) is 0 Å². The Kier molecular flexibility index (Phi) is 5.98. The average molecular weight is 379 g/mol. The lowest BCUT2D eigenvalue weighted by molar-refractivity contribution is -0.136. The molecule has 1 aromatic carbocycles. The van der Waals surface area contributed by atoms with Crippen molar-refractivity contribution >= 4 is 27.8 Å². The summed E-state index contributed by atoms with van der Waals surface area (Å²) in [6.07, 6.45) is 1.63. The van der Waals surface area contributed by atoms with E-state index in [1.54, 1.807) is 17.2 Å². The van der Waals surface area contributed by atoms with Gasteiger partial charge in [0.2, 0.25) is 0 Å². The number of H-pyrrole nitrogens is 1. The Morgan fingerprint density at radius 2 is 1.96 bits per heavy atom. The Labute approximate surface area is 143 Å². The predicted octanol–water partition coefficient (Wildman–Crippen LogP) is 3.37. The average Bonchev–Trinajstić information content (AvgIpc) is 2.97. The fourth-order valence-electron chi connectivity index (χ4n) is 2.11. The molecular formula is C17H19BrN2O3. The molecule has 122 valence electrons. The number of amides is 1. The number of nitrogens with one attached hydrogen (secondary N) is 1. The monoisotopic (exact) mass is 378 g/mol. The van der Waals surface area contributed by atoms with Crippen molar-refractivity contribution in [1.82, 2.24) is 9.88 Å². The number of hydrogen-bond acceptors (Lipinski definition) is 3. The normalized spacial score (nSPS) is 10.6. The number of hydrogen-bond donors (Lipinski definition) is 1. The molecule has 0 aliphatic carbocycles. The first-order chi connectivity index (χ1) is 11.0. The molecule has 5 nitrogen and oxygen atoms in total. The zero-order valence-corrected chi connectivity index (χ0v) is 14.7. The summed E-state index contributed by atoms with van der Waals surface area (Å²) < 4.78 is 5.84. The van der Waals surface area contributed by atoms with Crippen LogP contribution >= 0.6 is 15.9 Å². The van der Waals surface area contributed by atoms with E-state index in [9.17, 15) is 9.59 Å². The first kappa shape index (κ1) is 17.3. The summed E-state index contributed by atoms with van der Waals surface area (Å²) in [5.41, 5.74) is 1.35. The summed E-state index contributed by atoms with van der Waals surface area (Å²) in [7, 11) is 0. The van der Waals surface area contributed by atoms with Crippen molar-refractivity contribution in [3.05, 3.63) is 58.3 Å². The third-order valence-electron chi connectivity index (χ3n) is 3.33. The van der Waals surface area contributed by atoms with Gasteiger partial charge in [-0.2, -0.15) is 0 Å². The molecule has 0 saturated carbocycles. The van der Waals surface area contributed by atoms with E-state index in [4.69, 9.17) is 4.74 Å². The second-order valence-corrected chi connectivity index (χ2v) is 6.32. The van der Waals surface area contributed by atoms with Crippen LogP contribution in [0.2, 0.25) is 0 Å². The number of nitrogens with zero attached hydrogens (tertiary/aromatic N) is 1. The number of ether oxygens (including phenoxy) is 1. The lowest BCUT2D eigenvalue weighted by Crippen LogP contribution is -2.39. The molecular weight excluding hydrogens is 360 g/mol. The largest absolute Gasteiger partial charge is 0.451 e. The Bertz CT molecular complexity index is 667. The van der Waals surface area contributed by atoms with Gasteiger partial charge in [-0.3, -0.25) is 4.79 Å². The maximum atomic E-state index is 12.4. The molecule has 0 aliphatic heterocycles. The van der Waals surface area contributed by atoms with Crippen LogP contribution in [0.15, 0.2) is 47.1 Å². The zero-order valence-electron chi connectivity index (χ0n) is 13.1.